The molecule has 0 unspecified atom stereocenters. The van der Waals surface area contributed by atoms with Crippen LogP contribution >= 0.6 is 0 Å². The Morgan fingerprint density at radius 1 is 1.32 bits per heavy atom. The molecule has 0 saturated heterocycles. The molecule has 0 spiro atoms. The predicted octanol–water partition coefficient (Wildman–Crippen LogP) is 1.04. The van der Waals surface area contributed by atoms with E-state index >= 15 is 0 Å². The number of benzene rings is 1. The van der Waals surface area contributed by atoms with Crippen LogP contribution in [0.25, 0.3) is 0 Å². The number of nitrogens with zero attached hydrogens (tertiary/aromatic N) is 2. The standard InChI is InChI=1S/C14H22N4O3S/c1-9(2)11-6-5-10(7-12(11)22(4,20)21)8-18(3)14(19)17-13(15)16/h5-7,9H,8H2,1-4H3,(H4,15,16,17,19). The molecule has 0 bridgehead atoms. The van der Waals surface area contributed by atoms with Gasteiger partial charge in [-0.05, 0) is 23.1 Å². The van der Waals surface area contributed by atoms with Gasteiger partial charge in [-0.3, -0.25) is 0 Å². The van der Waals surface area contributed by atoms with E-state index in [1.807, 2.05) is 13.8 Å². The minimum absolute atomic E-state index is 0.0831. The highest BCUT2D eigenvalue weighted by atomic mass is 32.2. The van der Waals surface area contributed by atoms with Crippen molar-refractivity contribution in [2.45, 2.75) is 31.2 Å². The lowest BCUT2D eigenvalue weighted by atomic mass is 10.0. The molecule has 22 heavy (non-hydrogen) atoms. The van der Waals surface area contributed by atoms with Gasteiger partial charge < -0.3 is 16.4 Å². The molecule has 1 rings (SSSR count). The number of guanidine groups is 1. The summed E-state index contributed by atoms with van der Waals surface area (Å²) in [4.78, 5) is 16.7. The zero-order valence-corrected chi connectivity index (χ0v) is 14.0. The van der Waals surface area contributed by atoms with E-state index in [4.69, 9.17) is 11.5 Å². The van der Waals surface area contributed by atoms with Gasteiger partial charge in [0.25, 0.3) is 0 Å². The number of sulfone groups is 1. The molecule has 0 saturated carbocycles. The van der Waals surface area contributed by atoms with Crippen molar-refractivity contribution in [1.82, 2.24) is 4.90 Å². The molecule has 0 heterocycles. The number of aliphatic imine (C=N–C) groups is 1. The van der Waals surface area contributed by atoms with Crippen LogP contribution < -0.4 is 11.5 Å². The molecule has 1 aromatic carbocycles. The predicted molar refractivity (Wildman–Crippen MR) is 86.3 cm³/mol. The highest BCUT2D eigenvalue weighted by molar-refractivity contribution is 7.90. The number of rotatable bonds is 4. The number of hydrogen-bond donors (Lipinski definition) is 2. The molecule has 122 valence electrons. The van der Waals surface area contributed by atoms with E-state index in [1.54, 1.807) is 18.2 Å². The van der Waals surface area contributed by atoms with Crippen molar-refractivity contribution >= 4 is 21.8 Å². The summed E-state index contributed by atoms with van der Waals surface area (Å²) in [7, 11) is -1.81. The normalized spacial score (nSPS) is 11.3. The van der Waals surface area contributed by atoms with Gasteiger partial charge in [0.15, 0.2) is 15.8 Å². The van der Waals surface area contributed by atoms with Crippen molar-refractivity contribution in [2.24, 2.45) is 16.5 Å². The van der Waals surface area contributed by atoms with Gasteiger partial charge in [0.2, 0.25) is 0 Å². The smallest absolute Gasteiger partial charge is 0.346 e. The van der Waals surface area contributed by atoms with E-state index in [0.29, 0.717) is 5.56 Å². The maximum Gasteiger partial charge on any atom is 0.346 e. The first kappa shape index (κ1) is 18.0. The molecular formula is C14H22N4O3S. The molecule has 0 fully saturated rings. The summed E-state index contributed by atoms with van der Waals surface area (Å²) in [5.74, 6) is -0.233. The molecule has 0 aromatic heterocycles. The lowest BCUT2D eigenvalue weighted by molar-refractivity contribution is 0.217. The summed E-state index contributed by atoms with van der Waals surface area (Å²) in [5, 5.41) is 0. The van der Waals surface area contributed by atoms with Crippen LogP contribution in [-0.2, 0) is 16.4 Å². The summed E-state index contributed by atoms with van der Waals surface area (Å²) in [6, 6.07) is 4.57. The number of carbonyl (C=O) groups is 1. The molecule has 4 N–H and O–H groups in total. The van der Waals surface area contributed by atoms with Gasteiger partial charge in [0.05, 0.1) is 4.90 Å². The highest BCUT2D eigenvalue weighted by Gasteiger charge is 2.17. The third kappa shape index (κ3) is 4.73. The second kappa shape index (κ2) is 6.78. The Hall–Kier alpha value is -2.09. The quantitative estimate of drug-likeness (QED) is 0.633. The third-order valence-electron chi connectivity index (χ3n) is 3.07. The van der Waals surface area contributed by atoms with Crippen molar-refractivity contribution < 1.29 is 13.2 Å². The Labute approximate surface area is 130 Å². The first-order chi connectivity index (χ1) is 10.0. The average Bonchev–Trinajstić information content (AvgIpc) is 2.36. The van der Waals surface area contributed by atoms with Gasteiger partial charge in [-0.2, -0.15) is 4.99 Å². The fourth-order valence-electron chi connectivity index (χ4n) is 2.01. The average molecular weight is 326 g/mol. The zero-order chi connectivity index (χ0) is 17.1. The number of nitrogens with two attached hydrogens (primary N) is 2. The molecule has 0 atom stereocenters. The van der Waals surface area contributed by atoms with Crippen molar-refractivity contribution in [3.8, 4) is 0 Å². The molecule has 1 aromatic rings. The first-order valence-corrected chi connectivity index (χ1v) is 8.59. The first-order valence-electron chi connectivity index (χ1n) is 6.70. The fraction of sp³-hybridized carbons (Fsp3) is 0.429. The highest BCUT2D eigenvalue weighted by Crippen LogP contribution is 2.25. The fourth-order valence-corrected chi connectivity index (χ4v) is 3.11. The minimum Gasteiger partial charge on any atom is -0.370 e. The molecule has 7 nitrogen and oxygen atoms in total. The van der Waals surface area contributed by atoms with Crippen molar-refractivity contribution in [2.75, 3.05) is 13.3 Å². The van der Waals surface area contributed by atoms with Crippen LogP contribution in [0.2, 0.25) is 0 Å². The van der Waals surface area contributed by atoms with Gasteiger partial charge in [0.1, 0.15) is 0 Å². The Bertz CT molecular complexity index is 692. The van der Waals surface area contributed by atoms with Crippen LogP contribution in [0, 0.1) is 0 Å². The molecule has 0 radical (unpaired) electrons. The van der Waals surface area contributed by atoms with Crippen molar-refractivity contribution in [3.05, 3.63) is 29.3 Å². The summed E-state index contributed by atoms with van der Waals surface area (Å²) in [6.07, 6.45) is 1.17. The van der Waals surface area contributed by atoms with E-state index in [9.17, 15) is 13.2 Å². The SMILES string of the molecule is CC(C)c1ccc(CN(C)C(=O)N=C(N)N)cc1S(C)(=O)=O. The van der Waals surface area contributed by atoms with E-state index in [1.165, 1.54) is 18.2 Å². The Morgan fingerprint density at radius 3 is 2.36 bits per heavy atom. The van der Waals surface area contributed by atoms with E-state index < -0.39 is 15.9 Å². The minimum atomic E-state index is -3.35. The van der Waals surface area contributed by atoms with E-state index in [0.717, 1.165) is 5.56 Å². The van der Waals surface area contributed by atoms with Gasteiger partial charge >= 0.3 is 6.03 Å². The third-order valence-corrected chi connectivity index (χ3v) is 4.22. The van der Waals surface area contributed by atoms with Gasteiger partial charge in [0, 0.05) is 19.8 Å². The van der Waals surface area contributed by atoms with Crippen molar-refractivity contribution in [3.63, 3.8) is 0 Å². The summed E-state index contributed by atoms with van der Waals surface area (Å²) < 4.78 is 23.9. The zero-order valence-electron chi connectivity index (χ0n) is 13.2. The molecule has 0 aliphatic carbocycles. The molecule has 0 aliphatic rings. The molecule has 8 heteroatoms. The van der Waals surface area contributed by atoms with Crippen LogP contribution in [0.1, 0.15) is 30.9 Å². The van der Waals surface area contributed by atoms with Crippen LogP contribution in [0.15, 0.2) is 28.1 Å². The second-order valence-electron chi connectivity index (χ2n) is 5.47. The van der Waals surface area contributed by atoms with Gasteiger partial charge in [-0.15, -0.1) is 0 Å². The maximum atomic E-state index is 11.9. The largest absolute Gasteiger partial charge is 0.370 e. The molecule has 2 amide bonds. The monoisotopic (exact) mass is 326 g/mol. The topological polar surface area (TPSA) is 119 Å². The lowest BCUT2D eigenvalue weighted by Gasteiger charge is -2.17. The summed E-state index contributed by atoms with van der Waals surface area (Å²) in [6.45, 7) is 4.06. The second-order valence-corrected chi connectivity index (χ2v) is 7.46. The molecular weight excluding hydrogens is 304 g/mol. The maximum absolute atomic E-state index is 11.9. The van der Waals surface area contributed by atoms with Crippen LogP contribution in [0.5, 0.6) is 0 Å². The van der Waals surface area contributed by atoms with E-state index in [-0.39, 0.29) is 23.3 Å². The Balaban J connectivity index is 3.13. The number of urea groups is 1. The van der Waals surface area contributed by atoms with Gasteiger partial charge in [-0.25, -0.2) is 13.2 Å². The summed E-state index contributed by atoms with van der Waals surface area (Å²) >= 11 is 0. The lowest BCUT2D eigenvalue weighted by Crippen LogP contribution is -2.30. The van der Waals surface area contributed by atoms with Crippen LogP contribution in [0.4, 0.5) is 4.79 Å². The van der Waals surface area contributed by atoms with Crippen molar-refractivity contribution in [1.29, 1.82) is 0 Å². The number of carbonyl (C=O) groups excluding carboxylic acids is 1. The van der Waals surface area contributed by atoms with Crippen LogP contribution in [-0.4, -0.2) is 38.6 Å². The summed E-state index contributed by atoms with van der Waals surface area (Å²) in [5.41, 5.74) is 11.8. The number of hydrogen-bond acceptors (Lipinski definition) is 3. The van der Waals surface area contributed by atoms with Gasteiger partial charge in [-0.1, -0.05) is 26.0 Å². The van der Waals surface area contributed by atoms with Crippen LogP contribution in [0.3, 0.4) is 0 Å². The molecule has 0 aliphatic heterocycles. The Morgan fingerprint density at radius 2 is 1.91 bits per heavy atom. The van der Waals surface area contributed by atoms with E-state index in [2.05, 4.69) is 4.99 Å². The Kier molecular flexibility index (Phi) is 5.54. The number of amides is 2.